The van der Waals surface area contributed by atoms with Gasteiger partial charge in [0.05, 0.1) is 0 Å². The van der Waals surface area contributed by atoms with Gasteiger partial charge < -0.3 is 0 Å². The fourth-order valence-electron chi connectivity index (χ4n) is 0.412. The van der Waals surface area contributed by atoms with E-state index in [9.17, 15) is 0 Å². The lowest BCUT2D eigenvalue weighted by Gasteiger charge is -1.99. The van der Waals surface area contributed by atoms with Crippen LogP contribution >= 0.6 is 24.8 Å². The van der Waals surface area contributed by atoms with Crippen molar-refractivity contribution in [3.8, 4) is 0 Å². The molecule has 0 aromatic rings. The predicted octanol–water partition coefficient (Wildman–Crippen LogP) is 2.68. The first-order chi connectivity index (χ1) is 3.63. The van der Waals surface area contributed by atoms with E-state index in [4.69, 9.17) is 12.2 Å². The highest BCUT2D eigenvalue weighted by Gasteiger charge is 1.93. The molecule has 0 unspecified atom stereocenters. The Bertz CT molecular complexity index is 76.6. The maximum atomic E-state index is 4.78. The van der Waals surface area contributed by atoms with E-state index in [1.807, 2.05) is 0 Å². The Morgan fingerprint density at radius 2 is 2.12 bits per heavy atom. The molecule has 8 heavy (non-hydrogen) atoms. The van der Waals surface area contributed by atoms with Gasteiger partial charge in [0.2, 0.25) is 0 Å². The molecule has 0 aromatic carbocycles. The van der Waals surface area contributed by atoms with Crippen LogP contribution in [0.15, 0.2) is 0 Å². The van der Waals surface area contributed by atoms with Gasteiger partial charge in [-0.25, -0.2) is 0 Å². The van der Waals surface area contributed by atoms with E-state index in [1.165, 1.54) is 6.42 Å². The normalized spacial score (nSPS) is 10.0. The number of thiol groups is 1. The van der Waals surface area contributed by atoms with Crippen LogP contribution in [0.2, 0.25) is 0 Å². The monoisotopic (exact) mass is 148 g/mol. The SMILES string of the molecule is CC(C)CCC(=S)S. The van der Waals surface area contributed by atoms with Crippen molar-refractivity contribution in [3.05, 3.63) is 0 Å². The standard InChI is InChI=1S/C6H12S2/c1-5(2)3-4-6(7)8/h5H,3-4H2,1-2H3,(H,7,8). The predicted molar refractivity (Wildman–Crippen MR) is 45.7 cm³/mol. The van der Waals surface area contributed by atoms with Gasteiger partial charge in [-0.15, -0.1) is 12.6 Å². The highest BCUT2D eigenvalue weighted by atomic mass is 32.1. The van der Waals surface area contributed by atoms with E-state index < -0.39 is 0 Å². The van der Waals surface area contributed by atoms with Crippen molar-refractivity contribution in [1.29, 1.82) is 0 Å². The summed E-state index contributed by atoms with van der Waals surface area (Å²) in [5.74, 6) is 0.750. The topological polar surface area (TPSA) is 0 Å². The van der Waals surface area contributed by atoms with Gasteiger partial charge in [-0.05, 0) is 18.8 Å². The highest BCUT2D eigenvalue weighted by molar-refractivity contribution is 8.11. The Labute approximate surface area is 62.1 Å². The summed E-state index contributed by atoms with van der Waals surface area (Å²) in [5.41, 5.74) is 0. The summed E-state index contributed by atoms with van der Waals surface area (Å²) in [6.45, 7) is 4.37. The van der Waals surface area contributed by atoms with Crippen LogP contribution in [0.4, 0.5) is 0 Å². The largest absolute Gasteiger partial charge is 0.136 e. The Morgan fingerprint density at radius 1 is 1.62 bits per heavy atom. The van der Waals surface area contributed by atoms with E-state index in [0.29, 0.717) is 0 Å². The van der Waals surface area contributed by atoms with Crippen molar-refractivity contribution in [2.45, 2.75) is 26.7 Å². The molecule has 0 aliphatic rings. The molecule has 0 amide bonds. The molecule has 0 rings (SSSR count). The lowest BCUT2D eigenvalue weighted by molar-refractivity contribution is 0.607. The van der Waals surface area contributed by atoms with Crippen LogP contribution in [0.3, 0.4) is 0 Å². The first-order valence-corrected chi connectivity index (χ1v) is 3.70. The van der Waals surface area contributed by atoms with Crippen LogP contribution < -0.4 is 0 Å². The highest BCUT2D eigenvalue weighted by Crippen LogP contribution is 2.05. The molecule has 0 radical (unpaired) electrons. The van der Waals surface area contributed by atoms with Crippen LogP contribution in [0.5, 0.6) is 0 Å². The van der Waals surface area contributed by atoms with Crippen molar-refractivity contribution in [2.75, 3.05) is 0 Å². The minimum absolute atomic E-state index is 0.750. The summed E-state index contributed by atoms with van der Waals surface area (Å²) in [5, 5.41) is 0. The molecule has 0 nitrogen and oxygen atoms in total. The average Bonchev–Trinajstić information content (AvgIpc) is 1.61. The summed E-state index contributed by atoms with van der Waals surface area (Å²) >= 11 is 8.78. The molecular formula is C6H12S2. The second-order valence-corrected chi connectivity index (χ2v) is 3.66. The van der Waals surface area contributed by atoms with Gasteiger partial charge in [-0.1, -0.05) is 26.1 Å². The van der Waals surface area contributed by atoms with Gasteiger partial charge in [-0.2, -0.15) is 0 Å². The Morgan fingerprint density at radius 3 is 2.25 bits per heavy atom. The zero-order valence-corrected chi connectivity index (χ0v) is 7.06. The number of rotatable bonds is 3. The van der Waals surface area contributed by atoms with Gasteiger partial charge in [0.25, 0.3) is 0 Å². The molecule has 0 aliphatic heterocycles. The fraction of sp³-hybridized carbons (Fsp3) is 0.833. The third-order valence-electron chi connectivity index (χ3n) is 0.936. The maximum Gasteiger partial charge on any atom is 0.0448 e. The summed E-state index contributed by atoms with van der Waals surface area (Å²) in [7, 11) is 0. The number of hydrogen-bond donors (Lipinski definition) is 1. The maximum absolute atomic E-state index is 4.78. The lowest BCUT2D eigenvalue weighted by Crippen LogP contribution is -1.89. The molecule has 0 N–H and O–H groups in total. The third kappa shape index (κ3) is 6.44. The smallest absolute Gasteiger partial charge is 0.0448 e. The molecule has 0 atom stereocenters. The molecule has 0 aromatic heterocycles. The average molecular weight is 148 g/mol. The van der Waals surface area contributed by atoms with Gasteiger partial charge in [0.1, 0.15) is 0 Å². The molecule has 0 fully saturated rings. The second kappa shape index (κ2) is 4.33. The second-order valence-electron chi connectivity index (χ2n) is 2.33. The van der Waals surface area contributed by atoms with Crippen molar-refractivity contribution >= 4 is 29.0 Å². The summed E-state index contributed by atoms with van der Waals surface area (Å²) in [6.07, 6.45) is 2.15. The summed E-state index contributed by atoms with van der Waals surface area (Å²) in [4.78, 5) is 0. The molecule has 0 spiro atoms. The van der Waals surface area contributed by atoms with Crippen LogP contribution in [-0.4, -0.2) is 4.20 Å². The number of hydrogen-bond acceptors (Lipinski definition) is 1. The summed E-state index contributed by atoms with van der Waals surface area (Å²) in [6, 6.07) is 0. The molecule has 2 heteroatoms. The van der Waals surface area contributed by atoms with Crippen molar-refractivity contribution in [3.63, 3.8) is 0 Å². The Kier molecular flexibility index (Phi) is 4.57. The van der Waals surface area contributed by atoms with Crippen LogP contribution in [0.25, 0.3) is 0 Å². The summed E-state index contributed by atoms with van der Waals surface area (Å²) < 4.78 is 0.832. The first kappa shape index (κ1) is 8.44. The Hall–Kier alpha value is 0.440. The van der Waals surface area contributed by atoms with Crippen LogP contribution in [0, 0.1) is 5.92 Å². The minimum Gasteiger partial charge on any atom is -0.136 e. The molecule has 0 heterocycles. The fourth-order valence-corrected chi connectivity index (χ4v) is 0.659. The first-order valence-electron chi connectivity index (χ1n) is 2.84. The van der Waals surface area contributed by atoms with E-state index in [2.05, 4.69) is 26.5 Å². The van der Waals surface area contributed by atoms with E-state index in [1.54, 1.807) is 0 Å². The zero-order valence-electron chi connectivity index (χ0n) is 5.35. The van der Waals surface area contributed by atoms with Gasteiger partial charge >= 0.3 is 0 Å². The lowest BCUT2D eigenvalue weighted by atomic mass is 10.1. The van der Waals surface area contributed by atoms with E-state index in [0.717, 1.165) is 16.5 Å². The van der Waals surface area contributed by atoms with Crippen LogP contribution in [0.1, 0.15) is 26.7 Å². The van der Waals surface area contributed by atoms with Crippen molar-refractivity contribution < 1.29 is 0 Å². The Balaban J connectivity index is 3.05. The van der Waals surface area contributed by atoms with E-state index >= 15 is 0 Å². The quantitative estimate of drug-likeness (QED) is 0.474. The molecule has 0 aliphatic carbocycles. The number of thiocarbonyl (C=S) groups is 1. The van der Waals surface area contributed by atoms with Gasteiger partial charge in [-0.3, -0.25) is 0 Å². The van der Waals surface area contributed by atoms with Crippen LogP contribution in [-0.2, 0) is 0 Å². The zero-order chi connectivity index (χ0) is 6.57. The van der Waals surface area contributed by atoms with Gasteiger partial charge in [0, 0.05) is 4.20 Å². The van der Waals surface area contributed by atoms with E-state index in [-0.39, 0.29) is 0 Å². The third-order valence-corrected chi connectivity index (χ3v) is 1.36. The molecule has 0 bridgehead atoms. The molecule has 0 saturated carbocycles. The molecule has 0 saturated heterocycles. The van der Waals surface area contributed by atoms with Crippen molar-refractivity contribution in [1.82, 2.24) is 0 Å². The molecule has 48 valence electrons. The molecular weight excluding hydrogens is 136 g/mol. The van der Waals surface area contributed by atoms with Crippen molar-refractivity contribution in [2.24, 2.45) is 5.92 Å². The van der Waals surface area contributed by atoms with Gasteiger partial charge in [0.15, 0.2) is 0 Å². The minimum atomic E-state index is 0.750.